The van der Waals surface area contributed by atoms with Crippen molar-refractivity contribution < 1.29 is 9.68 Å². The Morgan fingerprint density at radius 1 is 1.45 bits per heavy atom. The first-order chi connectivity index (χ1) is 5.17. The molecule has 0 amide bonds. The van der Waals surface area contributed by atoms with Crippen molar-refractivity contribution in [3.05, 3.63) is 11.5 Å². The van der Waals surface area contributed by atoms with E-state index < -0.39 is 0 Å². The van der Waals surface area contributed by atoms with Crippen molar-refractivity contribution in [3.63, 3.8) is 0 Å². The number of aliphatic hydroxyl groups excluding tert-OH is 1. The second-order valence-electron chi connectivity index (χ2n) is 2.43. The van der Waals surface area contributed by atoms with E-state index >= 15 is 0 Å². The summed E-state index contributed by atoms with van der Waals surface area (Å²) in [5.41, 5.74) is 0.956. The monoisotopic (exact) mass is 156 g/mol. The SMILES string of the molecule is CC=[N+](CC)/C(C)=C(\O)CC. The summed E-state index contributed by atoms with van der Waals surface area (Å²) in [4.78, 5) is 0. The first-order valence-electron chi connectivity index (χ1n) is 4.12. The van der Waals surface area contributed by atoms with Gasteiger partial charge in [-0.1, -0.05) is 6.92 Å². The van der Waals surface area contributed by atoms with Gasteiger partial charge in [0, 0.05) is 20.3 Å². The maximum absolute atomic E-state index is 9.38. The summed E-state index contributed by atoms with van der Waals surface area (Å²) in [5, 5.41) is 9.38. The molecule has 0 heterocycles. The van der Waals surface area contributed by atoms with Crippen molar-refractivity contribution >= 4 is 6.21 Å². The van der Waals surface area contributed by atoms with Crippen molar-refractivity contribution in [2.75, 3.05) is 6.54 Å². The Bertz CT molecular complexity index is 180. The van der Waals surface area contributed by atoms with Crippen LogP contribution in [0.1, 0.15) is 34.1 Å². The molecule has 0 aliphatic rings. The van der Waals surface area contributed by atoms with Crippen molar-refractivity contribution in [2.45, 2.75) is 34.1 Å². The van der Waals surface area contributed by atoms with Gasteiger partial charge in [0.15, 0.2) is 5.76 Å². The predicted octanol–water partition coefficient (Wildman–Crippen LogP) is 2.31. The Kier molecular flexibility index (Phi) is 4.59. The molecule has 0 fully saturated rings. The number of rotatable bonds is 3. The summed E-state index contributed by atoms with van der Waals surface area (Å²) in [7, 11) is 0. The molecule has 0 atom stereocenters. The molecule has 0 aliphatic carbocycles. The summed E-state index contributed by atoms with van der Waals surface area (Å²) < 4.78 is 2.03. The fourth-order valence-corrected chi connectivity index (χ4v) is 1.03. The lowest BCUT2D eigenvalue weighted by Gasteiger charge is -2.00. The van der Waals surface area contributed by atoms with Crippen molar-refractivity contribution in [3.8, 4) is 0 Å². The minimum absolute atomic E-state index is 0.477. The normalized spacial score (nSPS) is 14.7. The number of hydrogen-bond acceptors (Lipinski definition) is 1. The molecule has 2 nitrogen and oxygen atoms in total. The fraction of sp³-hybridized carbons (Fsp3) is 0.667. The van der Waals surface area contributed by atoms with E-state index in [0.717, 1.165) is 12.2 Å². The van der Waals surface area contributed by atoms with E-state index in [1.807, 2.05) is 31.6 Å². The minimum atomic E-state index is 0.477. The molecule has 0 unspecified atom stereocenters. The maximum atomic E-state index is 9.38. The molecule has 0 aromatic heterocycles. The summed E-state index contributed by atoms with van der Waals surface area (Å²) in [6.07, 6.45) is 2.68. The predicted molar refractivity (Wildman–Crippen MR) is 48.2 cm³/mol. The van der Waals surface area contributed by atoms with Crippen LogP contribution in [-0.2, 0) is 0 Å². The van der Waals surface area contributed by atoms with Crippen LogP contribution in [0.3, 0.4) is 0 Å². The molecule has 0 bridgehead atoms. The highest BCUT2D eigenvalue weighted by atomic mass is 16.3. The molecule has 0 radical (unpaired) electrons. The standard InChI is InChI=1S/C9H17NO/c1-5-9(11)8(4)10(6-2)7-3/h6H,5,7H2,1-4H3/p+1/b9-8-,10-6?. The lowest BCUT2D eigenvalue weighted by atomic mass is 10.3. The summed E-state index contributed by atoms with van der Waals surface area (Å²) in [6, 6.07) is 0. The molecule has 0 spiro atoms. The summed E-state index contributed by atoms with van der Waals surface area (Å²) >= 11 is 0. The van der Waals surface area contributed by atoms with E-state index in [1.165, 1.54) is 0 Å². The third kappa shape index (κ3) is 2.74. The van der Waals surface area contributed by atoms with Crippen LogP contribution in [0.15, 0.2) is 11.5 Å². The first-order valence-corrected chi connectivity index (χ1v) is 4.12. The van der Waals surface area contributed by atoms with E-state index in [2.05, 4.69) is 6.92 Å². The van der Waals surface area contributed by atoms with Crippen LogP contribution in [0.4, 0.5) is 0 Å². The number of aliphatic hydroxyl groups is 1. The minimum Gasteiger partial charge on any atom is -0.506 e. The van der Waals surface area contributed by atoms with Crippen LogP contribution < -0.4 is 0 Å². The zero-order valence-corrected chi connectivity index (χ0v) is 7.89. The zero-order valence-electron chi connectivity index (χ0n) is 7.89. The molecule has 0 aromatic rings. The molecule has 64 valence electrons. The van der Waals surface area contributed by atoms with Crippen molar-refractivity contribution in [2.24, 2.45) is 0 Å². The van der Waals surface area contributed by atoms with E-state index in [0.29, 0.717) is 12.2 Å². The van der Waals surface area contributed by atoms with Crippen LogP contribution in [0.5, 0.6) is 0 Å². The van der Waals surface area contributed by atoms with Gasteiger partial charge in [0.05, 0.1) is 0 Å². The second kappa shape index (κ2) is 4.94. The van der Waals surface area contributed by atoms with Gasteiger partial charge in [0.25, 0.3) is 0 Å². The Labute approximate surface area is 68.9 Å². The molecule has 1 N–H and O–H groups in total. The van der Waals surface area contributed by atoms with Crippen molar-refractivity contribution in [1.82, 2.24) is 0 Å². The Hall–Kier alpha value is -0.790. The summed E-state index contributed by atoms with van der Waals surface area (Å²) in [5.74, 6) is 0.477. The van der Waals surface area contributed by atoms with Gasteiger partial charge in [-0.15, -0.1) is 0 Å². The molecular weight excluding hydrogens is 138 g/mol. The Balaban J connectivity index is 4.57. The smallest absolute Gasteiger partial charge is 0.215 e. The van der Waals surface area contributed by atoms with Gasteiger partial charge in [-0.3, -0.25) is 0 Å². The highest BCUT2D eigenvalue weighted by Crippen LogP contribution is 2.04. The van der Waals surface area contributed by atoms with E-state index in [-0.39, 0.29) is 0 Å². The molecule has 0 aliphatic heterocycles. The molecule has 0 saturated heterocycles. The number of nitrogens with zero attached hydrogens (tertiary/aromatic N) is 1. The third-order valence-corrected chi connectivity index (χ3v) is 1.84. The van der Waals surface area contributed by atoms with E-state index in [4.69, 9.17) is 0 Å². The molecule has 0 rings (SSSR count). The third-order valence-electron chi connectivity index (χ3n) is 1.84. The van der Waals surface area contributed by atoms with Crippen LogP contribution in [0.2, 0.25) is 0 Å². The second-order valence-corrected chi connectivity index (χ2v) is 2.43. The molecular formula is C9H18NO+. The quantitative estimate of drug-likeness (QED) is 0.378. The molecule has 2 heteroatoms. The van der Waals surface area contributed by atoms with Gasteiger partial charge in [0.1, 0.15) is 12.8 Å². The molecule has 11 heavy (non-hydrogen) atoms. The Morgan fingerprint density at radius 2 is 2.00 bits per heavy atom. The van der Waals surface area contributed by atoms with Crippen LogP contribution in [0, 0.1) is 0 Å². The first kappa shape index (κ1) is 10.2. The van der Waals surface area contributed by atoms with Crippen LogP contribution in [0.25, 0.3) is 0 Å². The summed E-state index contributed by atoms with van der Waals surface area (Å²) in [6.45, 7) is 8.82. The van der Waals surface area contributed by atoms with Crippen LogP contribution in [-0.4, -0.2) is 22.4 Å². The van der Waals surface area contributed by atoms with Gasteiger partial charge in [-0.25, -0.2) is 4.58 Å². The van der Waals surface area contributed by atoms with Gasteiger partial charge >= 0.3 is 0 Å². The highest BCUT2D eigenvalue weighted by Gasteiger charge is 2.08. The number of allylic oxidation sites excluding steroid dienone is 2. The largest absolute Gasteiger partial charge is 0.506 e. The lowest BCUT2D eigenvalue weighted by molar-refractivity contribution is -0.471. The van der Waals surface area contributed by atoms with Gasteiger partial charge in [-0.05, 0) is 6.92 Å². The van der Waals surface area contributed by atoms with Gasteiger partial charge in [-0.2, -0.15) is 0 Å². The van der Waals surface area contributed by atoms with Gasteiger partial charge < -0.3 is 5.11 Å². The zero-order chi connectivity index (χ0) is 8.85. The average molecular weight is 156 g/mol. The van der Waals surface area contributed by atoms with Crippen molar-refractivity contribution in [1.29, 1.82) is 0 Å². The van der Waals surface area contributed by atoms with E-state index in [1.54, 1.807) is 0 Å². The molecule has 0 aromatic carbocycles. The van der Waals surface area contributed by atoms with E-state index in [9.17, 15) is 5.11 Å². The topological polar surface area (TPSA) is 23.2 Å². The van der Waals surface area contributed by atoms with Crippen LogP contribution >= 0.6 is 0 Å². The van der Waals surface area contributed by atoms with Gasteiger partial charge in [0.2, 0.25) is 5.70 Å². The molecule has 0 saturated carbocycles. The Morgan fingerprint density at radius 3 is 2.27 bits per heavy atom. The number of hydrogen-bond donors (Lipinski definition) is 1. The maximum Gasteiger partial charge on any atom is 0.215 e. The highest BCUT2D eigenvalue weighted by molar-refractivity contribution is 5.47. The fourth-order valence-electron chi connectivity index (χ4n) is 1.03. The lowest BCUT2D eigenvalue weighted by Crippen LogP contribution is -2.11. The average Bonchev–Trinajstić information content (AvgIpc) is 2.05.